The molecule has 2 saturated heterocycles. The van der Waals surface area contributed by atoms with Crippen molar-refractivity contribution in [2.45, 2.75) is 12.6 Å². The number of anilines is 2. The molecule has 9 heteroatoms. The van der Waals surface area contributed by atoms with Gasteiger partial charge in [0, 0.05) is 45.0 Å². The summed E-state index contributed by atoms with van der Waals surface area (Å²) in [6.45, 7) is 5.61. The lowest BCUT2D eigenvalue weighted by Crippen LogP contribution is -2.59. The van der Waals surface area contributed by atoms with Crippen molar-refractivity contribution in [2.75, 3.05) is 62.7 Å². The molecule has 33 heavy (non-hydrogen) atoms. The molecule has 0 aliphatic carbocycles. The van der Waals surface area contributed by atoms with E-state index in [1.54, 1.807) is 6.07 Å². The van der Waals surface area contributed by atoms with Crippen molar-refractivity contribution in [3.63, 3.8) is 0 Å². The first-order valence-corrected chi connectivity index (χ1v) is 11.6. The second-order valence-electron chi connectivity index (χ2n) is 8.42. The zero-order valence-electron chi connectivity index (χ0n) is 18.6. The molecule has 2 aliphatic rings. The summed E-state index contributed by atoms with van der Waals surface area (Å²) in [5.74, 6) is -0.619. The number of carbonyl (C=O) groups excluding carboxylic acids is 2. The average Bonchev–Trinajstić information content (AvgIpc) is 2.81. The average molecular weight is 472 g/mol. The van der Waals surface area contributed by atoms with Gasteiger partial charge in [0.15, 0.2) is 0 Å². The van der Waals surface area contributed by atoms with Gasteiger partial charge in [-0.05, 0) is 23.8 Å². The minimum atomic E-state index is -0.513. The Morgan fingerprint density at radius 1 is 1.06 bits per heavy atom. The topological polar surface area (TPSA) is 91.1 Å². The molecule has 4 rings (SSSR count). The van der Waals surface area contributed by atoms with Crippen LogP contribution in [0.1, 0.15) is 5.56 Å². The monoisotopic (exact) mass is 471 g/mol. The number of benzene rings is 2. The summed E-state index contributed by atoms with van der Waals surface area (Å²) >= 11 is 6.47. The van der Waals surface area contributed by atoms with Crippen LogP contribution in [0.2, 0.25) is 5.02 Å². The van der Waals surface area contributed by atoms with Crippen LogP contribution in [0.5, 0.6) is 0 Å². The minimum Gasteiger partial charge on any atom is -0.378 e. The Morgan fingerprint density at radius 2 is 1.82 bits per heavy atom. The van der Waals surface area contributed by atoms with Crippen LogP contribution in [0.25, 0.3) is 0 Å². The lowest BCUT2D eigenvalue weighted by atomic mass is 10.1. The standard InChI is InChI=1S/C24H30ClN5O3/c25-20-14-19(6-7-21(20)29-10-12-33-13-11-29)27-23(31)17-30-9-8-28(16-22(30)24(26)32)15-18-4-2-1-3-5-18/h1-7,14,22H,8-13,15-17H2,(H2,26,32)(H,27,31)/t22-/m0/s1. The van der Waals surface area contributed by atoms with Crippen LogP contribution >= 0.6 is 11.6 Å². The van der Waals surface area contributed by atoms with E-state index in [2.05, 4.69) is 27.2 Å². The molecule has 2 aliphatic heterocycles. The molecular formula is C24H30ClN5O3. The van der Waals surface area contributed by atoms with Crippen molar-refractivity contribution in [3.8, 4) is 0 Å². The SMILES string of the molecule is NC(=O)[C@@H]1CN(Cc2ccccc2)CCN1CC(=O)Nc1ccc(N2CCOCC2)c(Cl)c1. The summed E-state index contributed by atoms with van der Waals surface area (Å²) in [6, 6.07) is 15.1. The van der Waals surface area contributed by atoms with Gasteiger partial charge >= 0.3 is 0 Å². The summed E-state index contributed by atoms with van der Waals surface area (Å²) in [5, 5.41) is 3.48. The predicted molar refractivity (Wildman–Crippen MR) is 129 cm³/mol. The molecule has 2 aromatic carbocycles. The van der Waals surface area contributed by atoms with Crippen molar-refractivity contribution in [2.24, 2.45) is 5.73 Å². The van der Waals surface area contributed by atoms with Crippen LogP contribution in [0.3, 0.4) is 0 Å². The van der Waals surface area contributed by atoms with Crippen LogP contribution in [0, 0.1) is 0 Å². The molecule has 0 bridgehead atoms. The van der Waals surface area contributed by atoms with E-state index < -0.39 is 11.9 Å². The van der Waals surface area contributed by atoms with E-state index in [0.29, 0.717) is 37.0 Å². The quantitative estimate of drug-likeness (QED) is 0.639. The van der Waals surface area contributed by atoms with E-state index in [4.69, 9.17) is 22.1 Å². The highest BCUT2D eigenvalue weighted by Gasteiger charge is 2.32. The third-order valence-corrected chi connectivity index (χ3v) is 6.39. The number of halogens is 1. The highest BCUT2D eigenvalue weighted by atomic mass is 35.5. The Labute approximate surface area is 199 Å². The maximum absolute atomic E-state index is 12.7. The fourth-order valence-electron chi connectivity index (χ4n) is 4.35. The summed E-state index contributed by atoms with van der Waals surface area (Å²) in [5.41, 5.74) is 8.42. The predicted octanol–water partition coefficient (Wildman–Crippen LogP) is 1.79. The van der Waals surface area contributed by atoms with Crippen LogP contribution in [0.15, 0.2) is 48.5 Å². The van der Waals surface area contributed by atoms with Crippen molar-refractivity contribution in [1.82, 2.24) is 9.80 Å². The first-order chi connectivity index (χ1) is 16.0. The van der Waals surface area contributed by atoms with Crippen molar-refractivity contribution in [1.29, 1.82) is 0 Å². The van der Waals surface area contributed by atoms with Gasteiger partial charge in [-0.2, -0.15) is 0 Å². The fraction of sp³-hybridized carbons (Fsp3) is 0.417. The van der Waals surface area contributed by atoms with E-state index in [1.807, 2.05) is 35.2 Å². The fourth-order valence-corrected chi connectivity index (χ4v) is 4.65. The van der Waals surface area contributed by atoms with Gasteiger partial charge < -0.3 is 20.7 Å². The lowest BCUT2D eigenvalue weighted by Gasteiger charge is -2.39. The first kappa shape index (κ1) is 23.5. The van der Waals surface area contributed by atoms with E-state index in [-0.39, 0.29) is 12.5 Å². The Morgan fingerprint density at radius 3 is 2.52 bits per heavy atom. The van der Waals surface area contributed by atoms with E-state index in [0.717, 1.165) is 31.9 Å². The van der Waals surface area contributed by atoms with Gasteiger partial charge in [0.2, 0.25) is 11.8 Å². The molecule has 2 fully saturated rings. The molecule has 0 saturated carbocycles. The molecular weight excluding hydrogens is 442 g/mol. The summed E-state index contributed by atoms with van der Waals surface area (Å²) in [6.07, 6.45) is 0. The first-order valence-electron chi connectivity index (χ1n) is 11.2. The number of rotatable bonds is 7. The van der Waals surface area contributed by atoms with Crippen LogP contribution in [-0.4, -0.2) is 80.1 Å². The third kappa shape index (κ3) is 6.23. The highest BCUT2D eigenvalue weighted by Crippen LogP contribution is 2.29. The van der Waals surface area contributed by atoms with Gasteiger partial charge in [0.1, 0.15) is 6.04 Å². The molecule has 0 spiro atoms. The summed E-state index contributed by atoms with van der Waals surface area (Å²) in [7, 11) is 0. The summed E-state index contributed by atoms with van der Waals surface area (Å²) < 4.78 is 5.39. The molecule has 2 heterocycles. The Hall–Kier alpha value is -2.65. The van der Waals surface area contributed by atoms with E-state index in [9.17, 15) is 9.59 Å². The molecule has 1 atom stereocenters. The van der Waals surface area contributed by atoms with Gasteiger partial charge in [-0.3, -0.25) is 19.4 Å². The van der Waals surface area contributed by atoms with Crippen molar-refractivity contribution < 1.29 is 14.3 Å². The zero-order chi connectivity index (χ0) is 23.2. The number of nitrogens with two attached hydrogens (primary N) is 1. The molecule has 2 amide bonds. The largest absolute Gasteiger partial charge is 0.378 e. The second-order valence-corrected chi connectivity index (χ2v) is 8.83. The Bertz CT molecular complexity index is 968. The number of nitrogens with zero attached hydrogens (tertiary/aromatic N) is 3. The van der Waals surface area contributed by atoms with Crippen molar-refractivity contribution >= 4 is 34.8 Å². The molecule has 0 unspecified atom stereocenters. The number of morpholine rings is 1. The molecule has 3 N–H and O–H groups in total. The number of amides is 2. The molecule has 176 valence electrons. The van der Waals surface area contributed by atoms with Crippen molar-refractivity contribution in [3.05, 3.63) is 59.1 Å². The van der Waals surface area contributed by atoms with Gasteiger partial charge in [-0.1, -0.05) is 41.9 Å². The van der Waals surface area contributed by atoms with E-state index >= 15 is 0 Å². The normalized spacial score (nSPS) is 19.9. The van der Waals surface area contributed by atoms with Crippen LogP contribution in [-0.2, 0) is 20.9 Å². The van der Waals surface area contributed by atoms with Crippen LogP contribution in [0.4, 0.5) is 11.4 Å². The number of carbonyl (C=O) groups is 2. The lowest BCUT2D eigenvalue weighted by molar-refractivity contribution is -0.127. The molecule has 0 radical (unpaired) electrons. The van der Waals surface area contributed by atoms with Gasteiger partial charge in [0.25, 0.3) is 0 Å². The number of piperazine rings is 1. The van der Waals surface area contributed by atoms with Gasteiger partial charge in [0.05, 0.1) is 30.5 Å². The summed E-state index contributed by atoms with van der Waals surface area (Å²) in [4.78, 5) is 31.1. The molecule has 0 aromatic heterocycles. The third-order valence-electron chi connectivity index (χ3n) is 6.08. The smallest absolute Gasteiger partial charge is 0.238 e. The number of hydrogen-bond donors (Lipinski definition) is 2. The zero-order valence-corrected chi connectivity index (χ0v) is 19.3. The minimum absolute atomic E-state index is 0.0929. The maximum Gasteiger partial charge on any atom is 0.238 e. The molecule has 2 aromatic rings. The maximum atomic E-state index is 12.7. The number of nitrogens with one attached hydrogen (secondary N) is 1. The van der Waals surface area contributed by atoms with Gasteiger partial charge in [-0.15, -0.1) is 0 Å². The van der Waals surface area contributed by atoms with Gasteiger partial charge in [-0.25, -0.2) is 0 Å². The number of primary amides is 1. The molecule has 8 nitrogen and oxygen atoms in total. The highest BCUT2D eigenvalue weighted by molar-refractivity contribution is 6.33. The second kappa shape index (κ2) is 11.0. The number of ether oxygens (including phenoxy) is 1. The number of hydrogen-bond acceptors (Lipinski definition) is 6. The van der Waals surface area contributed by atoms with Crippen LogP contribution < -0.4 is 16.0 Å². The Kier molecular flexibility index (Phi) is 7.82. The van der Waals surface area contributed by atoms with E-state index in [1.165, 1.54) is 5.56 Å². The Balaban J connectivity index is 1.33.